The van der Waals surface area contributed by atoms with E-state index >= 15 is 0 Å². The van der Waals surface area contributed by atoms with E-state index in [4.69, 9.17) is 0 Å². The van der Waals surface area contributed by atoms with E-state index in [0.717, 1.165) is 12.0 Å². The Bertz CT molecular complexity index is 514. The maximum absolute atomic E-state index is 11.7. The third-order valence-electron chi connectivity index (χ3n) is 2.65. The summed E-state index contributed by atoms with van der Waals surface area (Å²) < 4.78 is 1.76. The lowest BCUT2D eigenvalue weighted by atomic mass is 10.2. The van der Waals surface area contributed by atoms with Crippen LogP contribution in [0.1, 0.15) is 18.1 Å². The van der Waals surface area contributed by atoms with Gasteiger partial charge in [0.2, 0.25) is 0 Å². The van der Waals surface area contributed by atoms with Crippen LogP contribution in [-0.4, -0.2) is 4.57 Å². The number of aryl methyl sites for hydroxylation is 1. The van der Waals surface area contributed by atoms with Crippen LogP contribution in [0.25, 0.3) is 0 Å². The highest BCUT2D eigenvalue weighted by Gasteiger charge is 1.98. The third kappa shape index (κ3) is 2.40. The van der Waals surface area contributed by atoms with Crippen molar-refractivity contribution in [2.75, 3.05) is 0 Å². The molecule has 0 radical (unpaired) electrons. The lowest BCUT2D eigenvalue weighted by molar-refractivity contribution is 0.750. The molecule has 1 heterocycles. The summed E-state index contributed by atoms with van der Waals surface area (Å²) in [6.45, 7) is 2.74. The highest BCUT2D eigenvalue weighted by atomic mass is 16.1. The van der Waals surface area contributed by atoms with Crippen molar-refractivity contribution in [3.8, 4) is 0 Å². The molecule has 0 aliphatic rings. The minimum absolute atomic E-state index is 0.0565. The predicted octanol–water partition coefficient (Wildman–Crippen LogP) is 2.46. The minimum atomic E-state index is 0.0565. The Hall–Kier alpha value is -1.83. The van der Waals surface area contributed by atoms with E-state index in [1.165, 1.54) is 5.56 Å². The lowest BCUT2D eigenvalue weighted by Gasteiger charge is -2.07. The molecule has 2 heteroatoms. The van der Waals surface area contributed by atoms with Crippen LogP contribution in [-0.2, 0) is 13.0 Å². The summed E-state index contributed by atoms with van der Waals surface area (Å²) in [7, 11) is 0. The molecular weight excluding hydrogens is 198 g/mol. The summed E-state index contributed by atoms with van der Waals surface area (Å²) in [6.07, 6.45) is 2.89. The second kappa shape index (κ2) is 4.79. The van der Waals surface area contributed by atoms with Crippen molar-refractivity contribution in [2.45, 2.75) is 19.9 Å². The zero-order valence-electron chi connectivity index (χ0n) is 9.39. The number of nitrogens with zero attached hydrogens (tertiary/aromatic N) is 1. The molecule has 0 amide bonds. The molecular formula is C14H15NO. The number of hydrogen-bond donors (Lipinski definition) is 0. The molecule has 2 aromatic rings. The molecule has 0 fully saturated rings. The van der Waals surface area contributed by atoms with Crippen LogP contribution < -0.4 is 5.56 Å². The highest BCUT2D eigenvalue weighted by Crippen LogP contribution is 2.02. The zero-order valence-corrected chi connectivity index (χ0v) is 9.39. The fourth-order valence-corrected chi connectivity index (χ4v) is 1.69. The van der Waals surface area contributed by atoms with E-state index in [0.29, 0.717) is 6.54 Å². The van der Waals surface area contributed by atoms with E-state index in [2.05, 4.69) is 6.92 Å². The molecule has 0 unspecified atom stereocenters. The number of benzene rings is 1. The molecule has 0 bridgehead atoms. The van der Waals surface area contributed by atoms with Crippen LogP contribution in [0.5, 0.6) is 0 Å². The van der Waals surface area contributed by atoms with Crippen molar-refractivity contribution in [3.63, 3.8) is 0 Å². The number of hydrogen-bond acceptors (Lipinski definition) is 1. The van der Waals surface area contributed by atoms with Gasteiger partial charge in [-0.05, 0) is 17.5 Å². The number of aromatic nitrogens is 1. The Balaban J connectivity index is 2.31. The van der Waals surface area contributed by atoms with E-state index < -0.39 is 0 Å². The van der Waals surface area contributed by atoms with Gasteiger partial charge in [0.05, 0.1) is 6.54 Å². The third-order valence-corrected chi connectivity index (χ3v) is 2.65. The van der Waals surface area contributed by atoms with Gasteiger partial charge < -0.3 is 4.57 Å². The number of rotatable bonds is 3. The second-order valence-electron chi connectivity index (χ2n) is 3.84. The van der Waals surface area contributed by atoms with Crippen LogP contribution in [0.3, 0.4) is 0 Å². The maximum Gasteiger partial charge on any atom is 0.250 e. The minimum Gasteiger partial charge on any atom is -0.311 e. The summed E-state index contributed by atoms with van der Waals surface area (Å²) in [5.41, 5.74) is 2.40. The Morgan fingerprint density at radius 2 is 1.75 bits per heavy atom. The number of pyridine rings is 1. The largest absolute Gasteiger partial charge is 0.311 e. The predicted molar refractivity (Wildman–Crippen MR) is 65.6 cm³/mol. The van der Waals surface area contributed by atoms with Crippen LogP contribution >= 0.6 is 0 Å². The summed E-state index contributed by atoms with van der Waals surface area (Å²) >= 11 is 0. The van der Waals surface area contributed by atoms with Crippen molar-refractivity contribution in [1.82, 2.24) is 4.57 Å². The van der Waals surface area contributed by atoms with Crippen molar-refractivity contribution >= 4 is 0 Å². The molecule has 82 valence electrons. The van der Waals surface area contributed by atoms with Gasteiger partial charge in [-0.15, -0.1) is 0 Å². The SMILES string of the molecule is CCc1ccc(=O)n(Cc2ccccc2)c1. The zero-order chi connectivity index (χ0) is 11.4. The molecule has 1 aromatic heterocycles. The molecule has 0 atom stereocenters. The van der Waals surface area contributed by atoms with Crippen molar-refractivity contribution in [1.29, 1.82) is 0 Å². The molecule has 2 rings (SSSR count). The molecule has 0 N–H and O–H groups in total. The van der Waals surface area contributed by atoms with Crippen LogP contribution in [0.2, 0.25) is 0 Å². The molecule has 0 saturated carbocycles. The lowest BCUT2D eigenvalue weighted by Crippen LogP contribution is -2.19. The van der Waals surface area contributed by atoms with Gasteiger partial charge in [-0.3, -0.25) is 4.79 Å². The molecule has 2 nitrogen and oxygen atoms in total. The van der Waals surface area contributed by atoms with E-state index in [-0.39, 0.29) is 5.56 Å². The first kappa shape index (κ1) is 10.7. The van der Waals surface area contributed by atoms with Gasteiger partial charge in [-0.1, -0.05) is 43.3 Å². The standard InChI is InChI=1S/C14H15NO/c1-2-12-8-9-14(16)15(10-12)11-13-6-4-3-5-7-13/h3-10H,2,11H2,1H3. The average molecular weight is 213 g/mol. The van der Waals surface area contributed by atoms with E-state index in [9.17, 15) is 4.79 Å². The van der Waals surface area contributed by atoms with E-state index in [1.54, 1.807) is 10.6 Å². The maximum atomic E-state index is 11.7. The fourth-order valence-electron chi connectivity index (χ4n) is 1.69. The first-order valence-electron chi connectivity index (χ1n) is 5.53. The van der Waals surface area contributed by atoms with Crippen LogP contribution in [0.15, 0.2) is 53.5 Å². The summed E-state index contributed by atoms with van der Waals surface area (Å²) in [6, 6.07) is 13.6. The van der Waals surface area contributed by atoms with Crippen LogP contribution in [0.4, 0.5) is 0 Å². The van der Waals surface area contributed by atoms with Crippen molar-refractivity contribution < 1.29 is 0 Å². The summed E-state index contributed by atoms with van der Waals surface area (Å²) in [5, 5.41) is 0. The van der Waals surface area contributed by atoms with Crippen LogP contribution in [0, 0.1) is 0 Å². The van der Waals surface area contributed by atoms with Gasteiger partial charge in [0.1, 0.15) is 0 Å². The van der Waals surface area contributed by atoms with Gasteiger partial charge in [-0.2, -0.15) is 0 Å². The first-order chi connectivity index (χ1) is 7.79. The molecule has 0 saturated heterocycles. The molecule has 0 aliphatic heterocycles. The second-order valence-corrected chi connectivity index (χ2v) is 3.84. The Kier molecular flexibility index (Phi) is 3.20. The molecule has 0 aliphatic carbocycles. The van der Waals surface area contributed by atoms with Gasteiger partial charge >= 0.3 is 0 Å². The van der Waals surface area contributed by atoms with Gasteiger partial charge in [0, 0.05) is 12.3 Å². The van der Waals surface area contributed by atoms with Gasteiger partial charge in [0.15, 0.2) is 0 Å². The Morgan fingerprint density at radius 3 is 2.44 bits per heavy atom. The monoisotopic (exact) mass is 213 g/mol. The Labute approximate surface area is 95.2 Å². The smallest absolute Gasteiger partial charge is 0.250 e. The molecule has 1 aromatic carbocycles. The topological polar surface area (TPSA) is 22.0 Å². The highest BCUT2D eigenvalue weighted by molar-refractivity contribution is 5.17. The molecule has 16 heavy (non-hydrogen) atoms. The fraction of sp³-hybridized carbons (Fsp3) is 0.214. The Morgan fingerprint density at radius 1 is 1.00 bits per heavy atom. The first-order valence-corrected chi connectivity index (χ1v) is 5.53. The average Bonchev–Trinajstić information content (AvgIpc) is 2.33. The summed E-state index contributed by atoms with van der Waals surface area (Å²) in [4.78, 5) is 11.7. The van der Waals surface area contributed by atoms with E-state index in [1.807, 2.05) is 42.6 Å². The quantitative estimate of drug-likeness (QED) is 0.767. The van der Waals surface area contributed by atoms with Gasteiger partial charge in [-0.25, -0.2) is 0 Å². The van der Waals surface area contributed by atoms with Crippen molar-refractivity contribution in [3.05, 3.63) is 70.1 Å². The van der Waals surface area contributed by atoms with Gasteiger partial charge in [0.25, 0.3) is 5.56 Å². The molecule has 0 spiro atoms. The summed E-state index contributed by atoms with van der Waals surface area (Å²) in [5.74, 6) is 0. The normalized spacial score (nSPS) is 10.3. The van der Waals surface area contributed by atoms with Crippen molar-refractivity contribution in [2.24, 2.45) is 0 Å².